The molecule has 5 heteroatoms. The van der Waals surface area contributed by atoms with E-state index in [1.54, 1.807) is 18.2 Å². The van der Waals surface area contributed by atoms with Gasteiger partial charge in [-0.1, -0.05) is 39.0 Å². The summed E-state index contributed by atoms with van der Waals surface area (Å²) >= 11 is 0. The second-order valence-electron chi connectivity index (χ2n) is 6.94. The van der Waals surface area contributed by atoms with Gasteiger partial charge in [0.05, 0.1) is 0 Å². The van der Waals surface area contributed by atoms with Crippen LogP contribution in [-0.2, 0) is 10.2 Å². The number of hydrogen-bond acceptors (Lipinski definition) is 4. The summed E-state index contributed by atoms with van der Waals surface area (Å²) in [5.74, 6) is 1.71. The molecule has 0 spiro atoms. The van der Waals surface area contributed by atoms with Gasteiger partial charge in [-0.25, -0.2) is 0 Å². The number of hydrogen-bond donors (Lipinski definition) is 1. The summed E-state index contributed by atoms with van der Waals surface area (Å²) in [6, 6.07) is 13.1. The van der Waals surface area contributed by atoms with Gasteiger partial charge in [-0.05, 0) is 29.2 Å². The summed E-state index contributed by atoms with van der Waals surface area (Å²) in [5, 5.41) is 2.93. The smallest absolute Gasteiger partial charge is 0.262 e. The van der Waals surface area contributed by atoms with Crippen molar-refractivity contribution in [3.8, 4) is 17.2 Å². The average molecular weight is 341 g/mol. The van der Waals surface area contributed by atoms with E-state index in [0.29, 0.717) is 30.5 Å². The maximum atomic E-state index is 12.3. The summed E-state index contributed by atoms with van der Waals surface area (Å²) in [6.45, 7) is 7.33. The summed E-state index contributed by atoms with van der Waals surface area (Å²) in [4.78, 5) is 12.3. The number of anilines is 1. The van der Waals surface area contributed by atoms with Gasteiger partial charge in [0.2, 0.25) is 0 Å². The van der Waals surface area contributed by atoms with E-state index >= 15 is 0 Å². The predicted molar refractivity (Wildman–Crippen MR) is 96.7 cm³/mol. The van der Waals surface area contributed by atoms with Crippen LogP contribution in [-0.4, -0.2) is 25.7 Å². The van der Waals surface area contributed by atoms with Gasteiger partial charge in [0.25, 0.3) is 5.91 Å². The van der Waals surface area contributed by atoms with Crippen LogP contribution >= 0.6 is 0 Å². The van der Waals surface area contributed by atoms with Crippen molar-refractivity contribution in [2.24, 2.45) is 0 Å². The first-order chi connectivity index (χ1) is 11.9. The van der Waals surface area contributed by atoms with Crippen molar-refractivity contribution in [2.45, 2.75) is 26.2 Å². The third-order valence-electron chi connectivity index (χ3n) is 3.89. The number of rotatable bonds is 4. The van der Waals surface area contributed by atoms with Crippen LogP contribution in [0.3, 0.4) is 0 Å². The number of fused-ring (bicyclic) bond motifs is 1. The normalized spacial score (nSPS) is 13.2. The highest BCUT2D eigenvalue weighted by Crippen LogP contribution is 2.33. The molecule has 1 aliphatic rings. The van der Waals surface area contributed by atoms with E-state index < -0.39 is 0 Å². The Hall–Kier alpha value is -2.69. The lowest BCUT2D eigenvalue weighted by molar-refractivity contribution is -0.118. The standard InChI is InChI=1S/C20H23NO4/c1-20(2,3)15-6-4-5-7-16(15)21-19(22)13-25-14-8-9-17-18(12-14)24-11-10-23-17/h4-9,12H,10-11,13H2,1-3H3,(H,21,22). The zero-order chi connectivity index (χ0) is 17.9. The van der Waals surface area contributed by atoms with Gasteiger partial charge in [-0.2, -0.15) is 0 Å². The quantitative estimate of drug-likeness (QED) is 0.920. The fraction of sp³-hybridized carbons (Fsp3) is 0.350. The molecule has 132 valence electrons. The topological polar surface area (TPSA) is 56.8 Å². The maximum Gasteiger partial charge on any atom is 0.262 e. The summed E-state index contributed by atoms with van der Waals surface area (Å²) in [7, 11) is 0. The fourth-order valence-corrected chi connectivity index (χ4v) is 2.69. The molecule has 0 aliphatic carbocycles. The van der Waals surface area contributed by atoms with Crippen LogP contribution in [0.1, 0.15) is 26.3 Å². The molecule has 2 aromatic carbocycles. The number of ether oxygens (including phenoxy) is 3. The van der Waals surface area contributed by atoms with Crippen molar-refractivity contribution in [2.75, 3.05) is 25.1 Å². The van der Waals surface area contributed by atoms with E-state index in [0.717, 1.165) is 11.3 Å². The maximum absolute atomic E-state index is 12.3. The van der Waals surface area contributed by atoms with Crippen LogP contribution in [0, 0.1) is 0 Å². The van der Waals surface area contributed by atoms with E-state index in [9.17, 15) is 4.79 Å². The molecular weight excluding hydrogens is 318 g/mol. The van der Waals surface area contributed by atoms with E-state index in [1.807, 2.05) is 24.3 Å². The summed E-state index contributed by atoms with van der Waals surface area (Å²) in [5.41, 5.74) is 1.84. The van der Waals surface area contributed by atoms with E-state index in [1.165, 1.54) is 0 Å². The van der Waals surface area contributed by atoms with Gasteiger partial charge in [0, 0.05) is 11.8 Å². The van der Waals surface area contributed by atoms with Gasteiger partial charge in [0.1, 0.15) is 19.0 Å². The molecule has 0 unspecified atom stereocenters. The molecular formula is C20H23NO4. The van der Waals surface area contributed by atoms with Crippen LogP contribution in [0.25, 0.3) is 0 Å². The van der Waals surface area contributed by atoms with Gasteiger partial charge in [0.15, 0.2) is 18.1 Å². The minimum atomic E-state index is -0.202. The Labute approximate surface area is 147 Å². The highest BCUT2D eigenvalue weighted by Gasteiger charge is 2.19. The SMILES string of the molecule is CC(C)(C)c1ccccc1NC(=O)COc1ccc2c(c1)OCCO2. The fourth-order valence-electron chi connectivity index (χ4n) is 2.69. The Morgan fingerprint density at radius 3 is 2.56 bits per heavy atom. The molecule has 3 rings (SSSR count). The predicted octanol–water partition coefficient (Wildman–Crippen LogP) is 3.77. The van der Waals surface area contributed by atoms with Crippen molar-refractivity contribution in [1.82, 2.24) is 0 Å². The first-order valence-electron chi connectivity index (χ1n) is 8.35. The number of nitrogens with one attached hydrogen (secondary N) is 1. The Bertz CT molecular complexity index is 765. The Morgan fingerprint density at radius 2 is 1.80 bits per heavy atom. The molecule has 0 fully saturated rings. The molecule has 25 heavy (non-hydrogen) atoms. The molecule has 0 aromatic heterocycles. The van der Waals surface area contributed by atoms with Gasteiger partial charge in [-0.3, -0.25) is 4.79 Å². The molecule has 0 bridgehead atoms. The first kappa shape index (κ1) is 17.1. The molecule has 1 amide bonds. The van der Waals surface area contributed by atoms with Crippen LogP contribution in [0.15, 0.2) is 42.5 Å². The molecule has 0 atom stereocenters. The molecule has 0 saturated heterocycles. The molecule has 0 radical (unpaired) electrons. The molecule has 5 nitrogen and oxygen atoms in total. The van der Waals surface area contributed by atoms with Gasteiger partial charge < -0.3 is 19.5 Å². The highest BCUT2D eigenvalue weighted by atomic mass is 16.6. The van der Waals surface area contributed by atoms with Crippen molar-refractivity contribution in [3.63, 3.8) is 0 Å². The van der Waals surface area contributed by atoms with Crippen molar-refractivity contribution in [3.05, 3.63) is 48.0 Å². The Morgan fingerprint density at radius 1 is 1.08 bits per heavy atom. The average Bonchev–Trinajstić information content (AvgIpc) is 2.59. The van der Waals surface area contributed by atoms with Gasteiger partial charge in [-0.15, -0.1) is 0 Å². The third kappa shape index (κ3) is 4.24. The van der Waals surface area contributed by atoms with E-state index in [2.05, 4.69) is 26.1 Å². The molecule has 1 aliphatic heterocycles. The molecule has 2 aromatic rings. The monoisotopic (exact) mass is 341 g/mol. The minimum Gasteiger partial charge on any atom is -0.486 e. The lowest BCUT2D eigenvalue weighted by Gasteiger charge is -2.23. The minimum absolute atomic E-state index is 0.0550. The molecule has 0 saturated carbocycles. The lowest BCUT2D eigenvalue weighted by Crippen LogP contribution is -2.23. The van der Waals surface area contributed by atoms with E-state index in [-0.39, 0.29) is 17.9 Å². The first-order valence-corrected chi connectivity index (χ1v) is 8.35. The number of carbonyl (C=O) groups excluding carboxylic acids is 1. The largest absolute Gasteiger partial charge is 0.486 e. The summed E-state index contributed by atoms with van der Waals surface area (Å²) in [6.07, 6.45) is 0. The highest BCUT2D eigenvalue weighted by molar-refractivity contribution is 5.92. The van der Waals surface area contributed by atoms with Crippen molar-refractivity contribution in [1.29, 1.82) is 0 Å². The number of carbonyl (C=O) groups is 1. The lowest BCUT2D eigenvalue weighted by atomic mass is 9.86. The Kier molecular flexibility index (Phi) is 4.83. The zero-order valence-electron chi connectivity index (χ0n) is 14.8. The van der Waals surface area contributed by atoms with Crippen molar-refractivity contribution < 1.29 is 19.0 Å². The van der Waals surface area contributed by atoms with Crippen LogP contribution in [0.2, 0.25) is 0 Å². The second kappa shape index (κ2) is 7.05. The number of benzene rings is 2. The van der Waals surface area contributed by atoms with E-state index in [4.69, 9.17) is 14.2 Å². The third-order valence-corrected chi connectivity index (χ3v) is 3.89. The Balaban J connectivity index is 1.62. The van der Waals surface area contributed by atoms with Crippen molar-refractivity contribution >= 4 is 11.6 Å². The molecule has 1 N–H and O–H groups in total. The number of para-hydroxylation sites is 1. The van der Waals surface area contributed by atoms with Crippen LogP contribution < -0.4 is 19.5 Å². The van der Waals surface area contributed by atoms with Crippen LogP contribution in [0.4, 0.5) is 5.69 Å². The van der Waals surface area contributed by atoms with Crippen LogP contribution in [0.5, 0.6) is 17.2 Å². The number of amides is 1. The van der Waals surface area contributed by atoms with Gasteiger partial charge >= 0.3 is 0 Å². The second-order valence-corrected chi connectivity index (χ2v) is 6.94. The molecule has 1 heterocycles. The summed E-state index contributed by atoms with van der Waals surface area (Å²) < 4.78 is 16.6. The zero-order valence-corrected chi connectivity index (χ0v) is 14.8.